The molecule has 0 bridgehead atoms. The van der Waals surface area contributed by atoms with E-state index in [-0.39, 0.29) is 24.1 Å². The Morgan fingerprint density at radius 1 is 1.11 bits per heavy atom. The molecule has 1 unspecified atom stereocenters. The Bertz CT molecular complexity index is 899. The van der Waals surface area contributed by atoms with Gasteiger partial charge in [0.15, 0.2) is 0 Å². The number of carbonyl (C=O) groups is 1. The van der Waals surface area contributed by atoms with E-state index in [0.717, 1.165) is 37.3 Å². The van der Waals surface area contributed by atoms with Crippen LogP contribution in [0.1, 0.15) is 50.3 Å². The molecular weight excluding hydrogens is 341 g/mol. The molecule has 3 aromatic rings. The third kappa shape index (κ3) is 4.18. The van der Waals surface area contributed by atoms with Crippen LogP contribution in [-0.4, -0.2) is 33.3 Å². The average molecular weight is 367 g/mol. The predicted molar refractivity (Wildman–Crippen MR) is 105 cm³/mol. The van der Waals surface area contributed by atoms with E-state index in [1.165, 1.54) is 6.07 Å². The monoisotopic (exact) mass is 367 g/mol. The highest BCUT2D eigenvalue weighted by atomic mass is 19.1. The van der Waals surface area contributed by atoms with Crippen LogP contribution in [0, 0.1) is 5.82 Å². The number of carbonyl (C=O) groups excluding carboxylic acids is 1. The second-order valence-electron chi connectivity index (χ2n) is 6.77. The number of amides is 1. The van der Waals surface area contributed by atoms with E-state index in [4.69, 9.17) is 0 Å². The first-order chi connectivity index (χ1) is 13.2. The first-order valence-electron chi connectivity index (χ1n) is 9.59. The number of halogens is 1. The molecule has 4 nitrogen and oxygen atoms in total. The van der Waals surface area contributed by atoms with Gasteiger partial charge in [0, 0.05) is 37.8 Å². The number of rotatable bonds is 8. The van der Waals surface area contributed by atoms with Crippen LogP contribution in [0.3, 0.4) is 0 Å². The van der Waals surface area contributed by atoms with Crippen LogP contribution >= 0.6 is 0 Å². The van der Waals surface area contributed by atoms with Crippen molar-refractivity contribution in [1.82, 2.24) is 14.3 Å². The van der Waals surface area contributed by atoms with Crippen molar-refractivity contribution in [3.8, 4) is 0 Å². The Kier molecular flexibility index (Phi) is 6.22. The predicted octanol–water partition coefficient (Wildman–Crippen LogP) is 4.64. The largest absolute Gasteiger partial charge is 0.343 e. The maximum Gasteiger partial charge on any atom is 0.223 e. The van der Waals surface area contributed by atoms with Gasteiger partial charge >= 0.3 is 0 Å². The van der Waals surface area contributed by atoms with E-state index in [2.05, 4.69) is 18.8 Å². The Hall–Kier alpha value is -2.69. The van der Waals surface area contributed by atoms with Crippen molar-refractivity contribution < 1.29 is 9.18 Å². The average Bonchev–Trinajstić information content (AvgIpc) is 3.10. The van der Waals surface area contributed by atoms with Gasteiger partial charge in [0.05, 0.1) is 5.69 Å². The molecule has 0 aliphatic heterocycles. The van der Waals surface area contributed by atoms with Gasteiger partial charge in [-0.15, -0.1) is 0 Å². The van der Waals surface area contributed by atoms with Crippen LogP contribution in [-0.2, 0) is 4.79 Å². The summed E-state index contributed by atoms with van der Waals surface area (Å²) in [6.45, 7) is 5.58. The number of fused-ring (bicyclic) bond motifs is 1. The summed E-state index contributed by atoms with van der Waals surface area (Å²) in [6.07, 6.45) is 5.70. The Morgan fingerprint density at radius 2 is 1.81 bits per heavy atom. The molecular formula is C22H26FN3O. The molecule has 0 saturated heterocycles. The summed E-state index contributed by atoms with van der Waals surface area (Å²) in [5, 5.41) is 0. The second-order valence-corrected chi connectivity index (χ2v) is 6.77. The lowest BCUT2D eigenvalue weighted by atomic mass is 9.91. The summed E-state index contributed by atoms with van der Waals surface area (Å²) < 4.78 is 16.6. The zero-order chi connectivity index (χ0) is 19.2. The third-order valence-corrected chi connectivity index (χ3v) is 4.80. The van der Waals surface area contributed by atoms with Crippen LogP contribution < -0.4 is 0 Å². The highest BCUT2D eigenvalue weighted by Gasteiger charge is 2.26. The highest BCUT2D eigenvalue weighted by Crippen LogP contribution is 2.31. The Labute approximate surface area is 159 Å². The first-order valence-corrected chi connectivity index (χ1v) is 9.59. The summed E-state index contributed by atoms with van der Waals surface area (Å²) in [5.41, 5.74) is 2.15. The molecule has 0 aliphatic carbocycles. The van der Waals surface area contributed by atoms with Gasteiger partial charge in [0.1, 0.15) is 11.5 Å². The van der Waals surface area contributed by atoms with Crippen LogP contribution in [0.4, 0.5) is 4.39 Å². The van der Waals surface area contributed by atoms with Crippen molar-refractivity contribution in [3.05, 3.63) is 71.9 Å². The molecule has 0 radical (unpaired) electrons. The lowest BCUT2D eigenvalue weighted by molar-refractivity contribution is -0.131. The summed E-state index contributed by atoms with van der Waals surface area (Å²) in [4.78, 5) is 19.3. The fourth-order valence-corrected chi connectivity index (χ4v) is 3.55. The second kappa shape index (κ2) is 8.80. The summed E-state index contributed by atoms with van der Waals surface area (Å²) in [6, 6.07) is 12.4. The molecule has 0 saturated carbocycles. The molecule has 27 heavy (non-hydrogen) atoms. The summed E-state index contributed by atoms with van der Waals surface area (Å²) >= 11 is 0. The van der Waals surface area contributed by atoms with Gasteiger partial charge in [-0.3, -0.25) is 4.79 Å². The summed E-state index contributed by atoms with van der Waals surface area (Å²) in [5.74, 6) is -0.621. The van der Waals surface area contributed by atoms with Gasteiger partial charge in [-0.2, -0.15) is 0 Å². The molecule has 0 spiro atoms. The fourth-order valence-electron chi connectivity index (χ4n) is 3.55. The quantitative estimate of drug-likeness (QED) is 0.581. The number of imidazole rings is 1. The standard InChI is InChI=1S/C22H26FN3O/c1-3-12-25(13-4-2)22(27)15-18(17-9-5-6-10-19(17)23)20-16-24-21-11-7-8-14-26(20)21/h5-11,14,16,18H,3-4,12-13,15H2,1-2H3. The first kappa shape index (κ1) is 19.1. The number of nitrogens with zero attached hydrogens (tertiary/aromatic N) is 3. The van der Waals surface area contributed by atoms with E-state index >= 15 is 0 Å². The van der Waals surface area contributed by atoms with Crippen molar-refractivity contribution in [2.75, 3.05) is 13.1 Å². The van der Waals surface area contributed by atoms with Gasteiger partial charge in [-0.05, 0) is 36.6 Å². The molecule has 0 N–H and O–H groups in total. The van der Waals surface area contributed by atoms with Gasteiger partial charge in [0.2, 0.25) is 5.91 Å². The van der Waals surface area contributed by atoms with Gasteiger partial charge in [-0.25, -0.2) is 9.37 Å². The number of hydrogen-bond acceptors (Lipinski definition) is 2. The smallest absolute Gasteiger partial charge is 0.223 e. The van der Waals surface area contributed by atoms with Gasteiger partial charge < -0.3 is 9.30 Å². The van der Waals surface area contributed by atoms with E-state index in [1.54, 1.807) is 18.3 Å². The molecule has 2 heterocycles. The molecule has 5 heteroatoms. The Balaban J connectivity index is 2.01. The topological polar surface area (TPSA) is 37.6 Å². The SMILES string of the molecule is CCCN(CCC)C(=O)CC(c1ccccc1F)c1cnc2ccccn12. The highest BCUT2D eigenvalue weighted by molar-refractivity contribution is 5.77. The minimum Gasteiger partial charge on any atom is -0.343 e. The van der Waals surface area contributed by atoms with Gasteiger partial charge in [0.25, 0.3) is 0 Å². The van der Waals surface area contributed by atoms with Crippen molar-refractivity contribution in [2.45, 2.75) is 39.0 Å². The number of hydrogen-bond donors (Lipinski definition) is 0. The van der Waals surface area contributed by atoms with Crippen molar-refractivity contribution in [1.29, 1.82) is 0 Å². The summed E-state index contributed by atoms with van der Waals surface area (Å²) in [7, 11) is 0. The molecule has 1 aromatic carbocycles. The Morgan fingerprint density at radius 3 is 2.52 bits per heavy atom. The molecule has 1 amide bonds. The third-order valence-electron chi connectivity index (χ3n) is 4.80. The lowest BCUT2D eigenvalue weighted by Gasteiger charge is -2.25. The van der Waals surface area contributed by atoms with Crippen LogP contribution in [0.25, 0.3) is 5.65 Å². The van der Waals surface area contributed by atoms with Crippen LogP contribution in [0.5, 0.6) is 0 Å². The van der Waals surface area contributed by atoms with Gasteiger partial charge in [-0.1, -0.05) is 38.1 Å². The molecule has 2 aromatic heterocycles. The zero-order valence-electron chi connectivity index (χ0n) is 15.9. The van der Waals surface area contributed by atoms with Crippen molar-refractivity contribution >= 4 is 11.6 Å². The lowest BCUT2D eigenvalue weighted by Crippen LogP contribution is -2.33. The molecule has 142 valence electrons. The molecule has 1 atom stereocenters. The molecule has 0 fully saturated rings. The maximum absolute atomic E-state index is 14.6. The number of benzene rings is 1. The fraction of sp³-hybridized carbons (Fsp3) is 0.364. The van der Waals surface area contributed by atoms with Crippen molar-refractivity contribution in [3.63, 3.8) is 0 Å². The normalized spacial score (nSPS) is 12.3. The van der Waals surface area contributed by atoms with Crippen molar-refractivity contribution in [2.24, 2.45) is 0 Å². The number of pyridine rings is 1. The minimum absolute atomic E-state index is 0.0536. The van der Waals surface area contributed by atoms with E-state index in [1.807, 2.05) is 39.8 Å². The molecule has 0 aliphatic rings. The van der Waals surface area contributed by atoms with E-state index in [9.17, 15) is 9.18 Å². The molecule has 3 rings (SSSR count). The zero-order valence-corrected chi connectivity index (χ0v) is 15.9. The van der Waals surface area contributed by atoms with Crippen LogP contribution in [0.15, 0.2) is 54.9 Å². The number of aromatic nitrogens is 2. The van der Waals surface area contributed by atoms with E-state index < -0.39 is 0 Å². The minimum atomic E-state index is -0.382. The maximum atomic E-state index is 14.6. The van der Waals surface area contributed by atoms with Crippen LogP contribution in [0.2, 0.25) is 0 Å². The van der Waals surface area contributed by atoms with E-state index in [0.29, 0.717) is 5.56 Å².